The summed E-state index contributed by atoms with van der Waals surface area (Å²) in [6.07, 6.45) is 0.960. The van der Waals surface area contributed by atoms with Gasteiger partial charge in [-0.3, -0.25) is 9.59 Å². The van der Waals surface area contributed by atoms with Gasteiger partial charge in [0.15, 0.2) is 10.4 Å². The average molecular weight is 406 g/mol. The van der Waals surface area contributed by atoms with Gasteiger partial charge in [-0.05, 0) is 58.7 Å². The summed E-state index contributed by atoms with van der Waals surface area (Å²) in [5, 5.41) is 2.81. The summed E-state index contributed by atoms with van der Waals surface area (Å²) < 4.78 is 5.76. The maximum absolute atomic E-state index is 12.1. The number of hydrogen-bond donors (Lipinski definition) is 1. The molecule has 25 heavy (non-hydrogen) atoms. The Morgan fingerprint density at radius 3 is 2.56 bits per heavy atom. The van der Waals surface area contributed by atoms with E-state index in [1.807, 2.05) is 31.3 Å². The normalized spacial score (nSPS) is 16.8. The van der Waals surface area contributed by atoms with Gasteiger partial charge in [0.1, 0.15) is 0 Å². The number of furan rings is 1. The number of halogens is 1. The molecule has 2 heterocycles. The van der Waals surface area contributed by atoms with Crippen molar-refractivity contribution < 1.29 is 14.0 Å². The van der Waals surface area contributed by atoms with E-state index in [-0.39, 0.29) is 23.6 Å². The Morgan fingerprint density at radius 2 is 1.96 bits per heavy atom. The van der Waals surface area contributed by atoms with E-state index in [1.165, 1.54) is 0 Å². The Hall–Kier alpha value is -2.28. The van der Waals surface area contributed by atoms with Crippen LogP contribution in [-0.4, -0.2) is 42.9 Å². The molecule has 7 heteroatoms. The highest BCUT2D eigenvalue weighted by Crippen LogP contribution is 2.24. The third kappa shape index (κ3) is 4.04. The van der Waals surface area contributed by atoms with E-state index in [4.69, 9.17) is 4.42 Å². The zero-order valence-corrected chi connectivity index (χ0v) is 15.7. The second-order valence-electron chi connectivity index (χ2n) is 6.12. The summed E-state index contributed by atoms with van der Waals surface area (Å²) in [7, 11) is 1.85. The van der Waals surface area contributed by atoms with Gasteiger partial charge in [-0.25, -0.2) is 0 Å². The van der Waals surface area contributed by atoms with Crippen molar-refractivity contribution in [1.82, 2.24) is 4.90 Å². The van der Waals surface area contributed by atoms with Crippen LogP contribution in [0.25, 0.3) is 0 Å². The van der Waals surface area contributed by atoms with E-state index in [9.17, 15) is 9.59 Å². The molecule has 1 atom stereocenters. The number of benzene rings is 1. The number of nitrogens with zero attached hydrogens (tertiary/aromatic N) is 2. The first-order valence-corrected chi connectivity index (χ1v) is 8.88. The topological polar surface area (TPSA) is 65.8 Å². The van der Waals surface area contributed by atoms with Crippen LogP contribution in [0, 0.1) is 0 Å². The highest BCUT2D eigenvalue weighted by Gasteiger charge is 2.27. The van der Waals surface area contributed by atoms with Gasteiger partial charge in [-0.2, -0.15) is 0 Å². The Bertz CT molecular complexity index is 772. The van der Waals surface area contributed by atoms with Gasteiger partial charge in [0.05, 0.1) is 6.04 Å². The number of amides is 2. The summed E-state index contributed by atoms with van der Waals surface area (Å²) in [5.41, 5.74) is 1.79. The lowest BCUT2D eigenvalue weighted by molar-refractivity contribution is -0.129. The third-order valence-corrected chi connectivity index (χ3v) is 4.92. The zero-order valence-electron chi connectivity index (χ0n) is 14.2. The molecule has 0 saturated carbocycles. The number of rotatable bonds is 4. The number of hydrogen-bond acceptors (Lipinski definition) is 4. The Morgan fingerprint density at radius 1 is 1.24 bits per heavy atom. The fourth-order valence-electron chi connectivity index (χ4n) is 2.93. The van der Waals surface area contributed by atoms with E-state index in [0.29, 0.717) is 10.4 Å². The molecule has 2 aromatic rings. The Kier molecular flexibility index (Phi) is 5.13. The fourth-order valence-corrected chi connectivity index (χ4v) is 3.24. The predicted octanol–water partition coefficient (Wildman–Crippen LogP) is 3.35. The molecule has 0 spiro atoms. The number of carbonyl (C=O) groups excluding carboxylic acids is 2. The first-order chi connectivity index (χ1) is 11.9. The molecule has 0 radical (unpaired) electrons. The maximum atomic E-state index is 12.1. The van der Waals surface area contributed by atoms with Gasteiger partial charge in [0.25, 0.3) is 5.91 Å². The molecule has 1 unspecified atom stereocenters. The summed E-state index contributed by atoms with van der Waals surface area (Å²) in [6.45, 7) is 3.33. The lowest BCUT2D eigenvalue weighted by Gasteiger charge is -2.24. The molecule has 1 aromatic heterocycles. The van der Waals surface area contributed by atoms with E-state index in [1.54, 1.807) is 24.0 Å². The number of anilines is 2. The van der Waals surface area contributed by atoms with Crippen LogP contribution in [0.4, 0.5) is 11.4 Å². The molecule has 132 valence electrons. The van der Waals surface area contributed by atoms with Crippen LogP contribution in [0.3, 0.4) is 0 Å². The van der Waals surface area contributed by atoms with Crippen molar-refractivity contribution in [2.45, 2.75) is 19.4 Å². The zero-order chi connectivity index (χ0) is 18.0. The van der Waals surface area contributed by atoms with E-state index >= 15 is 0 Å². The molecule has 1 N–H and O–H groups in total. The first kappa shape index (κ1) is 17.5. The van der Waals surface area contributed by atoms with Crippen molar-refractivity contribution in [2.24, 2.45) is 0 Å². The minimum Gasteiger partial charge on any atom is -0.444 e. The first-order valence-electron chi connectivity index (χ1n) is 8.09. The maximum Gasteiger partial charge on any atom is 0.291 e. The van der Waals surface area contributed by atoms with Crippen molar-refractivity contribution in [3.8, 4) is 0 Å². The highest BCUT2D eigenvalue weighted by molar-refractivity contribution is 9.10. The van der Waals surface area contributed by atoms with E-state index in [2.05, 4.69) is 26.1 Å². The lowest BCUT2D eigenvalue weighted by Crippen LogP contribution is -2.37. The molecule has 1 aliphatic rings. The minimum atomic E-state index is -0.289. The molecule has 3 rings (SSSR count). The largest absolute Gasteiger partial charge is 0.444 e. The minimum absolute atomic E-state index is 0.0921. The monoisotopic (exact) mass is 405 g/mol. The lowest BCUT2D eigenvalue weighted by atomic mass is 10.2. The predicted molar refractivity (Wildman–Crippen MR) is 99.9 cm³/mol. The van der Waals surface area contributed by atoms with Crippen LogP contribution >= 0.6 is 15.9 Å². The second kappa shape index (κ2) is 7.31. The van der Waals surface area contributed by atoms with Crippen LogP contribution in [0.2, 0.25) is 0 Å². The molecule has 1 fully saturated rings. The SMILES string of the molecule is CC(=O)N(C)C1CCN(c2ccc(NC(=O)c3ccc(Br)o3)cc2)C1. The van der Waals surface area contributed by atoms with Gasteiger partial charge in [-0.15, -0.1) is 0 Å². The van der Waals surface area contributed by atoms with Crippen molar-refractivity contribution >= 4 is 39.1 Å². The summed E-state index contributed by atoms with van der Waals surface area (Å²) in [4.78, 5) is 27.6. The van der Waals surface area contributed by atoms with Crippen LogP contribution in [0.5, 0.6) is 0 Å². The molecule has 0 aliphatic carbocycles. The molecular formula is C18H20BrN3O3. The number of likely N-dealkylation sites (N-methyl/N-ethyl adjacent to an activating group) is 1. The molecule has 1 aliphatic heterocycles. The third-order valence-electron chi connectivity index (χ3n) is 4.50. The van der Waals surface area contributed by atoms with Gasteiger partial charge in [0.2, 0.25) is 5.91 Å². The van der Waals surface area contributed by atoms with Crippen LogP contribution in [-0.2, 0) is 4.79 Å². The average Bonchev–Trinajstić information content (AvgIpc) is 3.24. The quantitative estimate of drug-likeness (QED) is 0.846. The Labute approximate surface area is 154 Å². The second-order valence-corrected chi connectivity index (χ2v) is 6.90. The van der Waals surface area contributed by atoms with E-state index < -0.39 is 0 Å². The smallest absolute Gasteiger partial charge is 0.291 e. The van der Waals surface area contributed by atoms with Gasteiger partial charge >= 0.3 is 0 Å². The molecule has 1 aromatic carbocycles. The number of nitrogens with one attached hydrogen (secondary N) is 1. The number of carbonyl (C=O) groups is 2. The van der Waals surface area contributed by atoms with Crippen LogP contribution in [0.15, 0.2) is 45.5 Å². The van der Waals surface area contributed by atoms with E-state index in [0.717, 1.165) is 25.2 Å². The summed E-state index contributed by atoms with van der Waals surface area (Å²) in [6, 6.07) is 11.2. The van der Waals surface area contributed by atoms with Gasteiger partial charge in [0, 0.05) is 38.4 Å². The highest BCUT2D eigenvalue weighted by atomic mass is 79.9. The molecule has 6 nitrogen and oxygen atoms in total. The van der Waals surface area contributed by atoms with Gasteiger partial charge in [-0.1, -0.05) is 0 Å². The van der Waals surface area contributed by atoms with Crippen molar-refractivity contribution in [1.29, 1.82) is 0 Å². The van der Waals surface area contributed by atoms with Crippen molar-refractivity contribution in [3.63, 3.8) is 0 Å². The summed E-state index contributed by atoms with van der Waals surface area (Å²) >= 11 is 3.18. The molecule has 1 saturated heterocycles. The van der Waals surface area contributed by atoms with Crippen molar-refractivity contribution in [2.75, 3.05) is 30.4 Å². The van der Waals surface area contributed by atoms with Crippen LogP contribution in [0.1, 0.15) is 23.9 Å². The standard InChI is InChI=1S/C18H20BrN3O3/c1-12(23)21(2)15-9-10-22(11-15)14-5-3-13(4-6-14)20-18(24)16-7-8-17(19)25-16/h3-8,15H,9-11H2,1-2H3,(H,20,24). The molecule has 0 bridgehead atoms. The van der Waals surface area contributed by atoms with Crippen LogP contribution < -0.4 is 10.2 Å². The summed E-state index contributed by atoms with van der Waals surface area (Å²) in [5.74, 6) is 0.0582. The molecular weight excluding hydrogens is 386 g/mol. The van der Waals surface area contributed by atoms with Crippen molar-refractivity contribution in [3.05, 3.63) is 46.8 Å². The molecule has 2 amide bonds. The Balaban J connectivity index is 1.61. The fraction of sp³-hybridized carbons (Fsp3) is 0.333. The van der Waals surface area contributed by atoms with Gasteiger partial charge < -0.3 is 19.5 Å².